The molecule has 0 heterocycles. The molecule has 0 amide bonds. The van der Waals surface area contributed by atoms with Crippen LogP contribution in [0, 0.1) is 11.2 Å². The molecule has 2 rings (SSSR count). The van der Waals surface area contributed by atoms with Crippen molar-refractivity contribution in [3.05, 3.63) is 30.1 Å². The first-order valence-electron chi connectivity index (χ1n) is 5.74. The van der Waals surface area contributed by atoms with Crippen LogP contribution in [0.15, 0.2) is 24.3 Å². The number of carboxylic acids is 1. The van der Waals surface area contributed by atoms with Crippen LogP contribution >= 0.6 is 0 Å². The molecule has 1 aliphatic carbocycles. The fourth-order valence-corrected chi connectivity index (χ4v) is 2.22. The number of carboxylic acid groups (broad SMARTS) is 1. The lowest BCUT2D eigenvalue weighted by atomic mass is 9.87. The predicted octanol–water partition coefficient (Wildman–Crippen LogP) is 2.85. The smallest absolute Gasteiger partial charge is 0.313 e. The largest absolute Gasteiger partial charge is 0.492 e. The van der Waals surface area contributed by atoms with Crippen molar-refractivity contribution in [2.45, 2.75) is 25.7 Å². The van der Waals surface area contributed by atoms with Gasteiger partial charge < -0.3 is 9.84 Å². The zero-order chi connectivity index (χ0) is 12.3. The summed E-state index contributed by atoms with van der Waals surface area (Å²) in [4.78, 5) is 11.3. The van der Waals surface area contributed by atoms with Gasteiger partial charge in [-0.2, -0.15) is 0 Å². The molecule has 1 fully saturated rings. The minimum Gasteiger partial charge on any atom is -0.492 e. The number of hydrogen-bond acceptors (Lipinski definition) is 2. The van der Waals surface area contributed by atoms with Gasteiger partial charge in [0.05, 0.1) is 0 Å². The SMILES string of the molecule is O=C(O)C1(COc2ccc(F)cc2)CCCC1. The Bertz CT molecular complexity index is 394. The quantitative estimate of drug-likeness (QED) is 0.877. The van der Waals surface area contributed by atoms with E-state index in [1.807, 2.05) is 0 Å². The van der Waals surface area contributed by atoms with E-state index in [2.05, 4.69) is 0 Å². The molecule has 0 aromatic heterocycles. The molecule has 1 aromatic carbocycles. The first-order valence-corrected chi connectivity index (χ1v) is 5.74. The summed E-state index contributed by atoms with van der Waals surface area (Å²) in [6, 6.07) is 5.63. The number of halogens is 1. The van der Waals surface area contributed by atoms with Crippen molar-refractivity contribution in [1.29, 1.82) is 0 Å². The molecule has 4 heteroatoms. The average molecular weight is 238 g/mol. The van der Waals surface area contributed by atoms with Crippen LogP contribution < -0.4 is 4.74 Å². The summed E-state index contributed by atoms with van der Waals surface area (Å²) < 4.78 is 18.1. The molecule has 0 bridgehead atoms. The third kappa shape index (κ3) is 2.57. The molecule has 0 atom stereocenters. The Balaban J connectivity index is 2.00. The molecule has 0 aliphatic heterocycles. The summed E-state index contributed by atoms with van der Waals surface area (Å²) in [6.07, 6.45) is 3.17. The van der Waals surface area contributed by atoms with Gasteiger partial charge in [-0.1, -0.05) is 12.8 Å². The minimum atomic E-state index is -0.794. The van der Waals surface area contributed by atoms with Crippen LogP contribution in [0.3, 0.4) is 0 Å². The normalized spacial score (nSPS) is 17.9. The fraction of sp³-hybridized carbons (Fsp3) is 0.462. The van der Waals surface area contributed by atoms with Gasteiger partial charge in [0.2, 0.25) is 0 Å². The standard InChI is InChI=1S/C13H15FO3/c14-10-3-5-11(6-4-10)17-9-13(12(15)16)7-1-2-8-13/h3-6H,1-2,7-9H2,(H,15,16). The van der Waals surface area contributed by atoms with Crippen molar-refractivity contribution in [3.8, 4) is 5.75 Å². The Morgan fingerprint density at radius 3 is 2.41 bits per heavy atom. The van der Waals surface area contributed by atoms with Gasteiger partial charge in [-0.15, -0.1) is 0 Å². The van der Waals surface area contributed by atoms with E-state index in [4.69, 9.17) is 4.74 Å². The van der Waals surface area contributed by atoms with Gasteiger partial charge in [-0.3, -0.25) is 4.79 Å². The third-order valence-electron chi connectivity index (χ3n) is 3.34. The van der Waals surface area contributed by atoms with Crippen LogP contribution in [0.4, 0.5) is 4.39 Å². The molecule has 92 valence electrons. The van der Waals surface area contributed by atoms with Crippen LogP contribution in [0.25, 0.3) is 0 Å². The molecular weight excluding hydrogens is 223 g/mol. The second-order valence-electron chi connectivity index (χ2n) is 4.54. The third-order valence-corrected chi connectivity index (χ3v) is 3.34. The molecule has 0 saturated heterocycles. The van der Waals surface area contributed by atoms with E-state index in [0.717, 1.165) is 12.8 Å². The van der Waals surface area contributed by atoms with E-state index in [1.165, 1.54) is 24.3 Å². The van der Waals surface area contributed by atoms with Crippen molar-refractivity contribution in [2.24, 2.45) is 5.41 Å². The van der Waals surface area contributed by atoms with E-state index in [0.29, 0.717) is 18.6 Å². The molecule has 17 heavy (non-hydrogen) atoms. The predicted molar refractivity (Wildman–Crippen MR) is 60.4 cm³/mol. The molecule has 1 N–H and O–H groups in total. The Labute approximate surface area is 99.2 Å². The summed E-state index contributed by atoms with van der Waals surface area (Å²) in [7, 11) is 0. The molecule has 1 aliphatic rings. The van der Waals surface area contributed by atoms with Crippen molar-refractivity contribution in [1.82, 2.24) is 0 Å². The number of rotatable bonds is 4. The van der Waals surface area contributed by atoms with Crippen molar-refractivity contribution in [3.63, 3.8) is 0 Å². The van der Waals surface area contributed by atoms with Crippen molar-refractivity contribution in [2.75, 3.05) is 6.61 Å². The minimum absolute atomic E-state index is 0.161. The Kier molecular flexibility index (Phi) is 3.31. The first-order chi connectivity index (χ1) is 8.12. The highest BCUT2D eigenvalue weighted by Gasteiger charge is 2.42. The molecule has 3 nitrogen and oxygen atoms in total. The monoisotopic (exact) mass is 238 g/mol. The molecule has 1 saturated carbocycles. The van der Waals surface area contributed by atoms with Crippen LogP contribution in [0.5, 0.6) is 5.75 Å². The second kappa shape index (κ2) is 4.73. The van der Waals surface area contributed by atoms with Gasteiger partial charge >= 0.3 is 5.97 Å². The lowest BCUT2D eigenvalue weighted by Crippen LogP contribution is -2.34. The lowest BCUT2D eigenvalue weighted by molar-refractivity contribution is -0.150. The number of benzene rings is 1. The summed E-state index contributed by atoms with van der Waals surface area (Å²) in [5, 5.41) is 9.25. The maximum Gasteiger partial charge on any atom is 0.313 e. The van der Waals surface area contributed by atoms with Gasteiger partial charge in [-0.25, -0.2) is 4.39 Å². The zero-order valence-corrected chi connectivity index (χ0v) is 9.49. The lowest BCUT2D eigenvalue weighted by Gasteiger charge is -2.23. The summed E-state index contributed by atoms with van der Waals surface area (Å²) in [5.41, 5.74) is -0.756. The Morgan fingerprint density at radius 1 is 1.29 bits per heavy atom. The maximum atomic E-state index is 12.7. The van der Waals surface area contributed by atoms with E-state index in [-0.39, 0.29) is 12.4 Å². The molecule has 0 unspecified atom stereocenters. The maximum absolute atomic E-state index is 12.7. The van der Waals surface area contributed by atoms with Crippen LogP contribution in [0.2, 0.25) is 0 Å². The van der Waals surface area contributed by atoms with E-state index < -0.39 is 11.4 Å². The molecule has 1 aromatic rings. The fourth-order valence-electron chi connectivity index (χ4n) is 2.22. The van der Waals surface area contributed by atoms with Crippen LogP contribution in [-0.2, 0) is 4.79 Å². The number of carbonyl (C=O) groups is 1. The number of hydrogen-bond donors (Lipinski definition) is 1. The second-order valence-corrected chi connectivity index (χ2v) is 4.54. The van der Waals surface area contributed by atoms with Crippen LogP contribution in [0.1, 0.15) is 25.7 Å². The summed E-state index contributed by atoms with van der Waals surface area (Å²) in [6.45, 7) is 0.161. The van der Waals surface area contributed by atoms with E-state index in [9.17, 15) is 14.3 Å². The zero-order valence-electron chi connectivity index (χ0n) is 9.49. The number of aliphatic carboxylic acids is 1. The average Bonchev–Trinajstić information content (AvgIpc) is 2.78. The van der Waals surface area contributed by atoms with Gasteiger partial charge in [0.1, 0.15) is 23.6 Å². The van der Waals surface area contributed by atoms with Crippen molar-refractivity contribution < 1.29 is 19.0 Å². The first kappa shape index (κ1) is 11.9. The Hall–Kier alpha value is -1.58. The van der Waals surface area contributed by atoms with Gasteiger partial charge in [0.15, 0.2) is 0 Å². The molecular formula is C13H15FO3. The van der Waals surface area contributed by atoms with E-state index >= 15 is 0 Å². The van der Waals surface area contributed by atoms with Gasteiger partial charge in [0.25, 0.3) is 0 Å². The van der Waals surface area contributed by atoms with Crippen LogP contribution in [-0.4, -0.2) is 17.7 Å². The Morgan fingerprint density at radius 2 is 1.88 bits per heavy atom. The molecule has 0 spiro atoms. The molecule has 0 radical (unpaired) electrons. The number of ether oxygens (including phenoxy) is 1. The topological polar surface area (TPSA) is 46.5 Å². The highest BCUT2D eigenvalue weighted by molar-refractivity contribution is 5.75. The highest BCUT2D eigenvalue weighted by atomic mass is 19.1. The van der Waals surface area contributed by atoms with Gasteiger partial charge in [0, 0.05) is 0 Å². The van der Waals surface area contributed by atoms with Gasteiger partial charge in [-0.05, 0) is 37.1 Å². The summed E-state index contributed by atoms with van der Waals surface area (Å²) in [5.74, 6) is -0.609. The highest BCUT2D eigenvalue weighted by Crippen LogP contribution is 2.38. The van der Waals surface area contributed by atoms with E-state index in [1.54, 1.807) is 0 Å². The van der Waals surface area contributed by atoms with Crippen molar-refractivity contribution >= 4 is 5.97 Å². The summed E-state index contributed by atoms with van der Waals surface area (Å²) >= 11 is 0.